The number of carbonyl (C=O) groups is 1. The number of fused-ring (bicyclic) bond motifs is 3. The van der Waals surface area contributed by atoms with E-state index in [4.69, 9.17) is 0 Å². The molecule has 110 valence electrons. The van der Waals surface area contributed by atoms with Gasteiger partial charge in [0.15, 0.2) is 5.78 Å². The number of ketones is 1. The van der Waals surface area contributed by atoms with Crippen molar-refractivity contribution in [1.82, 2.24) is 0 Å². The van der Waals surface area contributed by atoms with E-state index in [0.717, 1.165) is 38.0 Å². The minimum atomic E-state index is 0.0799. The molecule has 1 aliphatic rings. The van der Waals surface area contributed by atoms with Gasteiger partial charge in [-0.15, -0.1) is 0 Å². The first-order valence-corrected chi connectivity index (χ1v) is 8.09. The standard InChI is InChI=1S/C20H12BrNO/c21-14-7-5-13(6-8-14)12-22-15-9-10-17-16-3-1-2-4-18(16)20(23)19(17)11-15/h1-12H. The van der Waals surface area contributed by atoms with Crippen molar-refractivity contribution in [2.24, 2.45) is 4.99 Å². The quantitative estimate of drug-likeness (QED) is 0.439. The summed E-state index contributed by atoms with van der Waals surface area (Å²) in [7, 11) is 0. The zero-order chi connectivity index (χ0) is 15.8. The highest BCUT2D eigenvalue weighted by atomic mass is 79.9. The van der Waals surface area contributed by atoms with E-state index in [1.807, 2.05) is 66.7 Å². The van der Waals surface area contributed by atoms with E-state index in [1.54, 1.807) is 6.21 Å². The molecule has 1 aliphatic carbocycles. The van der Waals surface area contributed by atoms with Crippen molar-refractivity contribution in [2.75, 3.05) is 0 Å². The molecule has 0 aliphatic heterocycles. The number of nitrogens with zero attached hydrogens (tertiary/aromatic N) is 1. The molecule has 0 heterocycles. The van der Waals surface area contributed by atoms with Gasteiger partial charge in [0.25, 0.3) is 0 Å². The molecule has 4 rings (SSSR count). The predicted molar refractivity (Wildman–Crippen MR) is 96.7 cm³/mol. The fourth-order valence-electron chi connectivity index (χ4n) is 2.79. The summed E-state index contributed by atoms with van der Waals surface area (Å²) in [5, 5.41) is 0. The summed E-state index contributed by atoms with van der Waals surface area (Å²) in [6, 6.07) is 21.4. The Morgan fingerprint density at radius 2 is 1.48 bits per heavy atom. The maximum Gasteiger partial charge on any atom is 0.194 e. The van der Waals surface area contributed by atoms with Crippen molar-refractivity contribution in [1.29, 1.82) is 0 Å². The van der Waals surface area contributed by atoms with Gasteiger partial charge in [0.05, 0.1) is 5.69 Å². The van der Waals surface area contributed by atoms with E-state index in [1.165, 1.54) is 0 Å². The molecule has 0 saturated heterocycles. The third kappa shape index (κ3) is 2.53. The number of hydrogen-bond donors (Lipinski definition) is 0. The highest BCUT2D eigenvalue weighted by molar-refractivity contribution is 9.10. The van der Waals surface area contributed by atoms with Crippen LogP contribution in [0.4, 0.5) is 5.69 Å². The second kappa shape index (κ2) is 5.60. The Balaban J connectivity index is 1.69. The van der Waals surface area contributed by atoms with Crippen LogP contribution in [0.2, 0.25) is 0 Å². The first kappa shape index (κ1) is 14.1. The van der Waals surface area contributed by atoms with Crippen molar-refractivity contribution in [3.63, 3.8) is 0 Å². The van der Waals surface area contributed by atoms with Crippen molar-refractivity contribution in [3.05, 3.63) is 87.9 Å². The van der Waals surface area contributed by atoms with Gasteiger partial charge >= 0.3 is 0 Å². The van der Waals surface area contributed by atoms with Gasteiger partial charge in [-0.25, -0.2) is 0 Å². The van der Waals surface area contributed by atoms with Gasteiger partial charge in [-0.05, 0) is 41.0 Å². The molecule has 0 unspecified atom stereocenters. The first-order chi connectivity index (χ1) is 11.2. The molecule has 3 aromatic rings. The van der Waals surface area contributed by atoms with Gasteiger partial charge < -0.3 is 0 Å². The summed E-state index contributed by atoms with van der Waals surface area (Å²) in [4.78, 5) is 17.0. The maximum absolute atomic E-state index is 12.5. The van der Waals surface area contributed by atoms with Crippen molar-refractivity contribution < 1.29 is 4.79 Å². The van der Waals surface area contributed by atoms with Crippen molar-refractivity contribution in [2.45, 2.75) is 0 Å². The third-order valence-electron chi connectivity index (χ3n) is 3.94. The Hall–Kier alpha value is -2.52. The molecule has 0 atom stereocenters. The molecular formula is C20H12BrNO. The lowest BCUT2D eigenvalue weighted by Crippen LogP contribution is -1.94. The number of rotatable bonds is 2. The van der Waals surface area contributed by atoms with Gasteiger partial charge in [-0.1, -0.05) is 58.4 Å². The molecule has 23 heavy (non-hydrogen) atoms. The monoisotopic (exact) mass is 361 g/mol. The average molecular weight is 362 g/mol. The maximum atomic E-state index is 12.5. The topological polar surface area (TPSA) is 29.4 Å². The summed E-state index contributed by atoms with van der Waals surface area (Å²) in [5.74, 6) is 0.0799. The largest absolute Gasteiger partial charge is 0.289 e. The van der Waals surface area contributed by atoms with E-state index in [0.29, 0.717) is 0 Å². The first-order valence-electron chi connectivity index (χ1n) is 7.30. The fraction of sp³-hybridized carbons (Fsp3) is 0. The number of aliphatic imine (C=N–C) groups is 1. The van der Waals surface area contributed by atoms with Gasteiger partial charge in [0.2, 0.25) is 0 Å². The smallest absolute Gasteiger partial charge is 0.194 e. The molecular weight excluding hydrogens is 350 g/mol. The van der Waals surface area contributed by atoms with Gasteiger partial charge in [0, 0.05) is 21.8 Å². The molecule has 0 fully saturated rings. The fourth-order valence-corrected chi connectivity index (χ4v) is 3.06. The minimum absolute atomic E-state index is 0.0799. The Labute approximate surface area is 142 Å². The number of hydrogen-bond acceptors (Lipinski definition) is 2. The number of halogens is 1. The van der Waals surface area contributed by atoms with Gasteiger partial charge in [-0.3, -0.25) is 9.79 Å². The van der Waals surface area contributed by atoms with Crippen LogP contribution in [-0.4, -0.2) is 12.0 Å². The highest BCUT2D eigenvalue weighted by Crippen LogP contribution is 2.38. The average Bonchev–Trinajstić information content (AvgIpc) is 2.87. The Morgan fingerprint density at radius 3 is 2.26 bits per heavy atom. The summed E-state index contributed by atoms with van der Waals surface area (Å²) in [6.45, 7) is 0. The number of benzene rings is 3. The van der Waals surface area contributed by atoms with Crippen LogP contribution in [0.25, 0.3) is 11.1 Å². The van der Waals surface area contributed by atoms with Crippen molar-refractivity contribution in [3.8, 4) is 11.1 Å². The second-order valence-corrected chi connectivity index (χ2v) is 6.33. The molecule has 0 N–H and O–H groups in total. The third-order valence-corrected chi connectivity index (χ3v) is 4.47. The Kier molecular flexibility index (Phi) is 3.43. The van der Waals surface area contributed by atoms with E-state index in [2.05, 4.69) is 20.9 Å². The van der Waals surface area contributed by atoms with Crippen LogP contribution in [0.3, 0.4) is 0 Å². The zero-order valence-corrected chi connectivity index (χ0v) is 13.7. The summed E-state index contributed by atoms with van der Waals surface area (Å²) in [6.07, 6.45) is 1.81. The van der Waals surface area contributed by atoms with E-state index >= 15 is 0 Å². The summed E-state index contributed by atoms with van der Waals surface area (Å²) in [5.41, 5.74) is 5.31. The summed E-state index contributed by atoms with van der Waals surface area (Å²) < 4.78 is 1.04. The van der Waals surface area contributed by atoms with E-state index in [-0.39, 0.29) is 5.78 Å². The zero-order valence-electron chi connectivity index (χ0n) is 12.2. The second-order valence-electron chi connectivity index (χ2n) is 5.41. The molecule has 3 aromatic carbocycles. The molecule has 0 spiro atoms. The molecule has 0 radical (unpaired) electrons. The van der Waals surface area contributed by atoms with Crippen LogP contribution >= 0.6 is 15.9 Å². The Morgan fingerprint density at radius 1 is 0.783 bits per heavy atom. The molecule has 0 saturated carbocycles. The Bertz CT molecular complexity index is 942. The molecule has 0 aromatic heterocycles. The van der Waals surface area contributed by atoms with Gasteiger partial charge in [-0.2, -0.15) is 0 Å². The van der Waals surface area contributed by atoms with Crippen LogP contribution in [0.1, 0.15) is 21.5 Å². The van der Waals surface area contributed by atoms with Crippen LogP contribution in [0.5, 0.6) is 0 Å². The summed E-state index contributed by atoms with van der Waals surface area (Å²) >= 11 is 3.41. The van der Waals surface area contributed by atoms with Crippen LogP contribution in [-0.2, 0) is 0 Å². The molecule has 2 nitrogen and oxygen atoms in total. The molecule has 0 amide bonds. The van der Waals surface area contributed by atoms with Gasteiger partial charge in [0.1, 0.15) is 0 Å². The lowest BCUT2D eigenvalue weighted by Gasteiger charge is -2.00. The lowest BCUT2D eigenvalue weighted by molar-refractivity contribution is 0.104. The van der Waals surface area contributed by atoms with E-state index in [9.17, 15) is 4.79 Å². The SMILES string of the molecule is O=C1c2ccccc2-c2ccc(N=Cc3ccc(Br)cc3)cc21. The molecule has 0 bridgehead atoms. The normalized spacial score (nSPS) is 12.5. The van der Waals surface area contributed by atoms with Crippen LogP contribution in [0, 0.1) is 0 Å². The molecule has 3 heteroatoms. The predicted octanol–water partition coefficient (Wildman–Crippen LogP) is 5.41. The minimum Gasteiger partial charge on any atom is -0.289 e. The van der Waals surface area contributed by atoms with Crippen LogP contribution in [0.15, 0.2) is 76.2 Å². The van der Waals surface area contributed by atoms with E-state index < -0.39 is 0 Å². The number of carbonyl (C=O) groups excluding carboxylic acids is 1. The lowest BCUT2D eigenvalue weighted by atomic mass is 10.1. The highest BCUT2D eigenvalue weighted by Gasteiger charge is 2.25. The van der Waals surface area contributed by atoms with Crippen molar-refractivity contribution >= 4 is 33.6 Å². The van der Waals surface area contributed by atoms with Crippen LogP contribution < -0.4 is 0 Å².